The number of hydrogen-bond donors (Lipinski definition) is 2. The van der Waals surface area contributed by atoms with E-state index in [-0.39, 0.29) is 23.5 Å². The number of hydrogen-bond acceptors (Lipinski definition) is 3. The van der Waals surface area contributed by atoms with E-state index in [2.05, 4.69) is 5.32 Å². The fourth-order valence-electron chi connectivity index (χ4n) is 3.04. The third kappa shape index (κ3) is 3.70. The molecular weight excluding hydrogens is 326 g/mol. The maximum atomic E-state index is 12.4. The molecule has 3 aromatic rings. The summed E-state index contributed by atoms with van der Waals surface area (Å²) in [6, 6.07) is 24.0. The molecular formula is C22H19NO3. The summed E-state index contributed by atoms with van der Waals surface area (Å²) in [5.74, 6) is 1.99. The molecule has 0 bridgehead atoms. The van der Waals surface area contributed by atoms with Crippen LogP contribution in [0.3, 0.4) is 0 Å². The minimum atomic E-state index is -0.0141. The van der Waals surface area contributed by atoms with Gasteiger partial charge in [-0.05, 0) is 66.4 Å². The van der Waals surface area contributed by atoms with Crippen molar-refractivity contribution in [2.24, 2.45) is 5.92 Å². The number of carbonyl (C=O) groups is 1. The Morgan fingerprint density at radius 3 is 2.23 bits per heavy atom. The Kier molecular flexibility index (Phi) is 4.32. The molecule has 4 nitrogen and oxygen atoms in total. The van der Waals surface area contributed by atoms with Gasteiger partial charge >= 0.3 is 0 Å². The summed E-state index contributed by atoms with van der Waals surface area (Å²) in [4.78, 5) is 12.4. The van der Waals surface area contributed by atoms with Gasteiger partial charge in [-0.25, -0.2) is 0 Å². The van der Waals surface area contributed by atoms with E-state index < -0.39 is 0 Å². The van der Waals surface area contributed by atoms with Crippen LogP contribution in [0, 0.1) is 5.92 Å². The molecule has 1 saturated carbocycles. The predicted molar refractivity (Wildman–Crippen MR) is 101 cm³/mol. The molecule has 1 aliphatic rings. The van der Waals surface area contributed by atoms with E-state index in [0.717, 1.165) is 29.2 Å². The van der Waals surface area contributed by atoms with Gasteiger partial charge in [0.05, 0.1) is 0 Å². The Morgan fingerprint density at radius 1 is 0.885 bits per heavy atom. The van der Waals surface area contributed by atoms with Gasteiger partial charge in [0.1, 0.15) is 17.2 Å². The Hall–Kier alpha value is -3.27. The smallest absolute Gasteiger partial charge is 0.228 e. The first-order valence-corrected chi connectivity index (χ1v) is 8.62. The highest BCUT2D eigenvalue weighted by molar-refractivity contribution is 5.95. The van der Waals surface area contributed by atoms with Crippen LogP contribution in [0.4, 0.5) is 5.69 Å². The number of anilines is 1. The molecule has 0 heterocycles. The lowest BCUT2D eigenvalue weighted by Crippen LogP contribution is -2.14. The Labute approximate surface area is 152 Å². The molecule has 1 amide bonds. The molecule has 0 aromatic heterocycles. The summed E-state index contributed by atoms with van der Waals surface area (Å²) in [5, 5.41) is 12.3. The second kappa shape index (κ2) is 6.92. The summed E-state index contributed by atoms with van der Waals surface area (Å²) in [7, 11) is 0. The van der Waals surface area contributed by atoms with Crippen molar-refractivity contribution < 1.29 is 14.6 Å². The topological polar surface area (TPSA) is 58.6 Å². The second-order valence-electron chi connectivity index (χ2n) is 6.47. The van der Waals surface area contributed by atoms with E-state index in [4.69, 9.17) is 4.74 Å². The monoisotopic (exact) mass is 345 g/mol. The molecule has 0 saturated heterocycles. The molecule has 2 atom stereocenters. The number of rotatable bonds is 5. The highest BCUT2D eigenvalue weighted by atomic mass is 16.5. The van der Waals surface area contributed by atoms with Gasteiger partial charge < -0.3 is 15.2 Å². The molecule has 2 unspecified atom stereocenters. The highest BCUT2D eigenvalue weighted by Gasteiger charge is 2.43. The van der Waals surface area contributed by atoms with Crippen LogP contribution in [0.2, 0.25) is 0 Å². The third-order valence-electron chi connectivity index (χ3n) is 4.55. The van der Waals surface area contributed by atoms with Gasteiger partial charge in [-0.15, -0.1) is 0 Å². The number of amides is 1. The predicted octanol–water partition coefficient (Wildman–Crippen LogP) is 4.93. The summed E-state index contributed by atoms with van der Waals surface area (Å²) >= 11 is 0. The average molecular weight is 345 g/mol. The third-order valence-corrected chi connectivity index (χ3v) is 4.55. The molecule has 26 heavy (non-hydrogen) atoms. The summed E-state index contributed by atoms with van der Waals surface area (Å²) in [5.41, 5.74) is 1.85. The quantitative estimate of drug-likeness (QED) is 0.689. The van der Waals surface area contributed by atoms with Crippen molar-refractivity contribution in [3.05, 3.63) is 84.4 Å². The number of ether oxygens (including phenoxy) is 1. The van der Waals surface area contributed by atoms with Crippen LogP contribution in [0.5, 0.6) is 17.2 Å². The van der Waals surface area contributed by atoms with Gasteiger partial charge in [-0.1, -0.05) is 30.3 Å². The number of phenols is 1. The minimum absolute atomic E-state index is 0.0141. The van der Waals surface area contributed by atoms with E-state index >= 15 is 0 Å². The van der Waals surface area contributed by atoms with E-state index in [1.165, 1.54) is 0 Å². The Bertz CT molecular complexity index is 889. The standard InChI is InChI=1S/C22H19NO3/c24-17-10-6-15(7-11-17)20-14-21(20)22(25)23-16-8-12-19(13-9-16)26-18-4-2-1-3-5-18/h1-13,20-21,24H,14H2,(H,23,25). The molecule has 2 N–H and O–H groups in total. The van der Waals surface area contributed by atoms with E-state index in [1.807, 2.05) is 66.7 Å². The normalized spacial score (nSPS) is 18.2. The fourth-order valence-corrected chi connectivity index (χ4v) is 3.04. The van der Waals surface area contributed by atoms with Crippen molar-refractivity contribution in [2.45, 2.75) is 12.3 Å². The molecule has 4 rings (SSSR count). The van der Waals surface area contributed by atoms with Crippen molar-refractivity contribution in [2.75, 3.05) is 5.32 Å². The summed E-state index contributed by atoms with van der Waals surface area (Å²) in [6.07, 6.45) is 0.839. The van der Waals surface area contributed by atoms with Crippen LogP contribution in [0.1, 0.15) is 17.9 Å². The van der Waals surface area contributed by atoms with Gasteiger partial charge in [-0.3, -0.25) is 4.79 Å². The Morgan fingerprint density at radius 2 is 1.54 bits per heavy atom. The van der Waals surface area contributed by atoms with Crippen LogP contribution in [0.25, 0.3) is 0 Å². The zero-order chi connectivity index (χ0) is 17.9. The molecule has 0 spiro atoms. The molecule has 3 aromatic carbocycles. The maximum absolute atomic E-state index is 12.4. The second-order valence-corrected chi connectivity index (χ2v) is 6.47. The lowest BCUT2D eigenvalue weighted by atomic mass is 10.1. The summed E-state index contributed by atoms with van der Waals surface area (Å²) in [6.45, 7) is 0. The van der Waals surface area contributed by atoms with Gasteiger partial charge in [0.2, 0.25) is 5.91 Å². The Balaban J connectivity index is 1.34. The molecule has 0 aliphatic heterocycles. The fraction of sp³-hybridized carbons (Fsp3) is 0.136. The van der Waals surface area contributed by atoms with Crippen LogP contribution < -0.4 is 10.1 Å². The molecule has 4 heteroatoms. The van der Waals surface area contributed by atoms with Crippen molar-refractivity contribution in [3.8, 4) is 17.2 Å². The molecule has 0 radical (unpaired) electrons. The van der Waals surface area contributed by atoms with Crippen LogP contribution in [0.15, 0.2) is 78.9 Å². The van der Waals surface area contributed by atoms with Crippen molar-refractivity contribution in [1.29, 1.82) is 0 Å². The lowest BCUT2D eigenvalue weighted by Gasteiger charge is -2.08. The maximum Gasteiger partial charge on any atom is 0.228 e. The van der Waals surface area contributed by atoms with Crippen LogP contribution in [-0.2, 0) is 4.79 Å². The first kappa shape index (κ1) is 16.2. The zero-order valence-corrected chi connectivity index (χ0v) is 14.1. The van der Waals surface area contributed by atoms with Gasteiger partial charge in [-0.2, -0.15) is 0 Å². The SMILES string of the molecule is O=C(Nc1ccc(Oc2ccccc2)cc1)C1CC1c1ccc(O)cc1. The van der Waals surface area contributed by atoms with Gasteiger partial charge in [0.25, 0.3) is 0 Å². The zero-order valence-electron chi connectivity index (χ0n) is 14.1. The molecule has 1 aliphatic carbocycles. The number of carbonyl (C=O) groups excluding carboxylic acids is 1. The van der Waals surface area contributed by atoms with Crippen molar-refractivity contribution >= 4 is 11.6 Å². The van der Waals surface area contributed by atoms with Gasteiger partial charge in [0, 0.05) is 11.6 Å². The lowest BCUT2D eigenvalue weighted by molar-refractivity contribution is -0.117. The van der Waals surface area contributed by atoms with Crippen molar-refractivity contribution in [3.63, 3.8) is 0 Å². The number of aromatic hydroxyl groups is 1. The molecule has 130 valence electrons. The van der Waals surface area contributed by atoms with Crippen LogP contribution >= 0.6 is 0 Å². The van der Waals surface area contributed by atoms with Gasteiger partial charge in [0.15, 0.2) is 0 Å². The average Bonchev–Trinajstić information content (AvgIpc) is 3.46. The number of nitrogens with one attached hydrogen (secondary N) is 1. The first-order chi connectivity index (χ1) is 12.7. The summed E-state index contributed by atoms with van der Waals surface area (Å²) < 4.78 is 5.75. The molecule has 1 fully saturated rings. The van der Waals surface area contributed by atoms with Crippen LogP contribution in [-0.4, -0.2) is 11.0 Å². The number of phenolic OH excluding ortho intramolecular Hbond substituents is 1. The van der Waals surface area contributed by atoms with E-state index in [0.29, 0.717) is 0 Å². The minimum Gasteiger partial charge on any atom is -0.508 e. The largest absolute Gasteiger partial charge is 0.508 e. The van der Waals surface area contributed by atoms with Crippen molar-refractivity contribution in [1.82, 2.24) is 0 Å². The van der Waals surface area contributed by atoms with E-state index in [9.17, 15) is 9.90 Å². The van der Waals surface area contributed by atoms with E-state index in [1.54, 1.807) is 12.1 Å². The number of para-hydroxylation sites is 1. The highest BCUT2D eigenvalue weighted by Crippen LogP contribution is 2.48. The number of benzene rings is 3. The first-order valence-electron chi connectivity index (χ1n) is 8.62.